The summed E-state index contributed by atoms with van der Waals surface area (Å²) in [5, 5.41) is 10.7. The van der Waals surface area contributed by atoms with Crippen LogP contribution in [0.2, 0.25) is 0 Å². The third-order valence-electron chi connectivity index (χ3n) is 4.84. The SMILES string of the molecule is C=C1C[C@H](OC(=O)C(=C)C)[C@H]2C(=C)C(=O)O[C@@H]2[C@H]2O[C@@](O)(C1)CC2=C. The van der Waals surface area contributed by atoms with Gasteiger partial charge in [0.05, 0.1) is 5.92 Å². The summed E-state index contributed by atoms with van der Waals surface area (Å²) in [6.45, 7) is 16.9. The van der Waals surface area contributed by atoms with Crippen molar-refractivity contribution in [2.24, 2.45) is 5.92 Å². The molecule has 0 aromatic rings. The van der Waals surface area contributed by atoms with E-state index in [1.165, 1.54) is 0 Å². The molecule has 3 aliphatic rings. The van der Waals surface area contributed by atoms with Gasteiger partial charge in [0, 0.05) is 30.4 Å². The molecule has 6 heteroatoms. The molecule has 0 amide bonds. The summed E-state index contributed by atoms with van der Waals surface area (Å²) < 4.78 is 16.8. The number of fused-ring (bicyclic) bond motifs is 4. The molecular formula is C19H22O6. The molecule has 1 N–H and O–H groups in total. The number of esters is 2. The van der Waals surface area contributed by atoms with E-state index in [9.17, 15) is 14.7 Å². The van der Waals surface area contributed by atoms with Crippen molar-refractivity contribution in [3.63, 3.8) is 0 Å². The Kier molecular flexibility index (Phi) is 4.21. The van der Waals surface area contributed by atoms with Gasteiger partial charge in [0.15, 0.2) is 5.79 Å². The Balaban J connectivity index is 2.01. The molecule has 3 rings (SSSR count). The highest BCUT2D eigenvalue weighted by Gasteiger charge is 2.55. The minimum atomic E-state index is -1.44. The van der Waals surface area contributed by atoms with Gasteiger partial charge in [0.25, 0.3) is 0 Å². The first-order chi connectivity index (χ1) is 11.6. The van der Waals surface area contributed by atoms with Crippen LogP contribution in [0.3, 0.4) is 0 Å². The smallest absolute Gasteiger partial charge is 0.334 e. The van der Waals surface area contributed by atoms with Gasteiger partial charge in [-0.2, -0.15) is 0 Å². The lowest BCUT2D eigenvalue weighted by Gasteiger charge is -2.29. The maximum absolute atomic E-state index is 12.1. The minimum Gasteiger partial charge on any atom is -0.458 e. The molecule has 3 saturated heterocycles. The van der Waals surface area contributed by atoms with Crippen molar-refractivity contribution in [1.82, 2.24) is 0 Å². The van der Waals surface area contributed by atoms with Gasteiger partial charge in [0.2, 0.25) is 0 Å². The van der Waals surface area contributed by atoms with E-state index in [4.69, 9.17) is 14.2 Å². The van der Waals surface area contributed by atoms with E-state index < -0.39 is 42.0 Å². The molecule has 0 aromatic heterocycles. The molecule has 2 bridgehead atoms. The van der Waals surface area contributed by atoms with Crippen molar-refractivity contribution in [2.75, 3.05) is 0 Å². The highest BCUT2D eigenvalue weighted by molar-refractivity contribution is 5.91. The van der Waals surface area contributed by atoms with Crippen molar-refractivity contribution in [2.45, 2.75) is 50.3 Å². The lowest BCUT2D eigenvalue weighted by Crippen LogP contribution is -2.40. The zero-order chi connectivity index (χ0) is 18.5. The predicted octanol–water partition coefficient (Wildman–Crippen LogP) is 1.96. The molecule has 0 saturated carbocycles. The number of aliphatic hydroxyl groups is 1. The molecule has 3 aliphatic heterocycles. The van der Waals surface area contributed by atoms with E-state index in [1.54, 1.807) is 6.92 Å². The summed E-state index contributed by atoms with van der Waals surface area (Å²) in [5.41, 5.74) is 1.73. The maximum Gasteiger partial charge on any atom is 0.334 e. The number of carbonyl (C=O) groups excluding carboxylic acids is 2. The van der Waals surface area contributed by atoms with Gasteiger partial charge in [-0.3, -0.25) is 0 Å². The van der Waals surface area contributed by atoms with Gasteiger partial charge in [0.1, 0.15) is 18.3 Å². The van der Waals surface area contributed by atoms with Crippen molar-refractivity contribution in [1.29, 1.82) is 0 Å². The largest absolute Gasteiger partial charge is 0.458 e. The maximum atomic E-state index is 12.1. The summed E-state index contributed by atoms with van der Waals surface area (Å²) >= 11 is 0. The van der Waals surface area contributed by atoms with E-state index in [0.29, 0.717) is 11.1 Å². The van der Waals surface area contributed by atoms with Crippen molar-refractivity contribution >= 4 is 11.9 Å². The fraction of sp³-hybridized carbons (Fsp3) is 0.474. The number of carbonyl (C=O) groups is 2. The Labute approximate surface area is 146 Å². The molecule has 0 aromatic carbocycles. The van der Waals surface area contributed by atoms with Crippen LogP contribution in [-0.2, 0) is 23.8 Å². The molecule has 0 radical (unpaired) electrons. The quantitative estimate of drug-likeness (QED) is 0.468. The van der Waals surface area contributed by atoms with Crippen molar-refractivity contribution in [3.05, 3.63) is 48.6 Å². The van der Waals surface area contributed by atoms with Crippen LogP contribution in [0, 0.1) is 5.92 Å². The highest BCUT2D eigenvalue weighted by atomic mass is 16.7. The number of hydrogen-bond donors (Lipinski definition) is 1. The molecule has 5 atom stereocenters. The third-order valence-corrected chi connectivity index (χ3v) is 4.84. The fourth-order valence-corrected chi connectivity index (χ4v) is 3.74. The average molecular weight is 346 g/mol. The Bertz CT molecular complexity index is 705. The van der Waals surface area contributed by atoms with E-state index in [-0.39, 0.29) is 30.4 Å². The Morgan fingerprint density at radius 1 is 1.32 bits per heavy atom. The Hall–Kier alpha value is -2.18. The van der Waals surface area contributed by atoms with E-state index >= 15 is 0 Å². The van der Waals surface area contributed by atoms with Gasteiger partial charge in [-0.1, -0.05) is 31.9 Å². The summed E-state index contributed by atoms with van der Waals surface area (Å²) in [6, 6.07) is 0. The van der Waals surface area contributed by atoms with Gasteiger partial charge in [-0.25, -0.2) is 9.59 Å². The summed E-state index contributed by atoms with van der Waals surface area (Å²) in [7, 11) is 0. The normalized spacial score (nSPS) is 37.7. The van der Waals surface area contributed by atoms with Gasteiger partial charge in [-0.15, -0.1) is 0 Å². The Morgan fingerprint density at radius 3 is 2.64 bits per heavy atom. The summed E-state index contributed by atoms with van der Waals surface area (Å²) in [5.74, 6) is -3.17. The van der Waals surface area contributed by atoms with Crippen LogP contribution < -0.4 is 0 Å². The first-order valence-corrected chi connectivity index (χ1v) is 8.12. The van der Waals surface area contributed by atoms with Crippen LogP contribution in [0.15, 0.2) is 48.6 Å². The molecule has 3 fully saturated rings. The standard InChI is InChI=1S/C19H22O6/c1-9(2)17(20)23-13-6-10(3)7-19(22)8-11(4)15(25-19)16-14(13)12(5)18(21)24-16/h13-16,22H,1,3-8H2,2H3/t13-,14+,15-,16-,19-/m0/s1. The zero-order valence-electron chi connectivity index (χ0n) is 14.2. The van der Waals surface area contributed by atoms with Crippen molar-refractivity contribution < 1.29 is 28.9 Å². The minimum absolute atomic E-state index is 0.184. The molecule has 0 unspecified atom stereocenters. The molecule has 25 heavy (non-hydrogen) atoms. The molecule has 3 heterocycles. The Morgan fingerprint density at radius 2 is 2.00 bits per heavy atom. The molecule has 0 spiro atoms. The molecule has 6 nitrogen and oxygen atoms in total. The van der Waals surface area contributed by atoms with Crippen LogP contribution in [0.4, 0.5) is 0 Å². The second-order valence-corrected chi connectivity index (χ2v) is 7.10. The summed E-state index contributed by atoms with van der Waals surface area (Å²) in [6.07, 6.45) is -1.46. The van der Waals surface area contributed by atoms with E-state index in [0.717, 1.165) is 0 Å². The van der Waals surface area contributed by atoms with Crippen LogP contribution in [0.5, 0.6) is 0 Å². The highest BCUT2D eigenvalue weighted by Crippen LogP contribution is 2.47. The summed E-state index contributed by atoms with van der Waals surface area (Å²) in [4.78, 5) is 24.2. The van der Waals surface area contributed by atoms with E-state index in [1.807, 2.05) is 0 Å². The monoisotopic (exact) mass is 346 g/mol. The molecule has 0 aliphatic carbocycles. The third kappa shape index (κ3) is 3.07. The first-order valence-electron chi connectivity index (χ1n) is 8.12. The number of hydrogen-bond acceptors (Lipinski definition) is 6. The van der Waals surface area contributed by atoms with E-state index in [2.05, 4.69) is 26.3 Å². The fourth-order valence-electron chi connectivity index (χ4n) is 3.74. The van der Waals surface area contributed by atoms with Crippen LogP contribution in [0.25, 0.3) is 0 Å². The zero-order valence-corrected chi connectivity index (χ0v) is 14.2. The number of rotatable bonds is 2. The second-order valence-electron chi connectivity index (χ2n) is 7.10. The lowest BCUT2D eigenvalue weighted by atomic mass is 9.82. The van der Waals surface area contributed by atoms with Gasteiger partial charge < -0.3 is 19.3 Å². The lowest BCUT2D eigenvalue weighted by molar-refractivity contribution is -0.209. The topological polar surface area (TPSA) is 82.1 Å². The second kappa shape index (κ2) is 5.97. The molecular weight excluding hydrogens is 324 g/mol. The first kappa shape index (κ1) is 17.6. The molecule has 134 valence electrons. The van der Waals surface area contributed by atoms with Crippen molar-refractivity contribution in [3.8, 4) is 0 Å². The predicted molar refractivity (Wildman–Crippen MR) is 89.2 cm³/mol. The van der Waals surface area contributed by atoms with Crippen LogP contribution in [0.1, 0.15) is 26.2 Å². The van der Waals surface area contributed by atoms with Gasteiger partial charge in [-0.05, 0) is 12.5 Å². The average Bonchev–Trinajstić information content (AvgIpc) is 2.95. The number of ether oxygens (including phenoxy) is 3. The van der Waals surface area contributed by atoms with Crippen LogP contribution >= 0.6 is 0 Å². The van der Waals surface area contributed by atoms with Crippen LogP contribution in [-0.4, -0.2) is 41.1 Å². The van der Waals surface area contributed by atoms with Gasteiger partial charge >= 0.3 is 11.9 Å².